The van der Waals surface area contributed by atoms with Gasteiger partial charge in [-0.25, -0.2) is 9.18 Å². The first-order valence-electron chi connectivity index (χ1n) is 8.64. The minimum atomic E-state index is -0.266. The Morgan fingerprint density at radius 1 is 0.960 bits per heavy atom. The molecule has 2 aromatic rings. The van der Waals surface area contributed by atoms with Gasteiger partial charge in [-0.15, -0.1) is 0 Å². The number of nitrogens with zero attached hydrogens (tertiary/aromatic N) is 2. The number of benzene rings is 2. The van der Waals surface area contributed by atoms with Crippen LogP contribution in [0.25, 0.3) is 0 Å². The van der Waals surface area contributed by atoms with Gasteiger partial charge < -0.3 is 9.64 Å². The number of ether oxygens (including phenoxy) is 1. The van der Waals surface area contributed by atoms with Gasteiger partial charge in [-0.05, 0) is 23.6 Å². The molecule has 0 unspecified atom stereocenters. The number of halogens is 1. The molecule has 1 fully saturated rings. The van der Waals surface area contributed by atoms with Crippen LogP contribution >= 0.6 is 0 Å². The number of piperazine rings is 1. The summed E-state index contributed by atoms with van der Waals surface area (Å²) in [5, 5.41) is 0. The van der Waals surface area contributed by atoms with E-state index in [1.54, 1.807) is 11.0 Å². The monoisotopic (exact) mass is 342 g/mol. The van der Waals surface area contributed by atoms with Gasteiger partial charge in [0.1, 0.15) is 12.4 Å². The van der Waals surface area contributed by atoms with E-state index in [0.717, 1.165) is 30.8 Å². The maximum absolute atomic E-state index is 13.6. The zero-order valence-electron chi connectivity index (χ0n) is 14.2. The highest BCUT2D eigenvalue weighted by Crippen LogP contribution is 2.10. The summed E-state index contributed by atoms with van der Waals surface area (Å²) in [7, 11) is 0. The molecule has 1 aliphatic rings. The predicted octanol–water partition coefficient (Wildman–Crippen LogP) is 3.32. The molecule has 0 bridgehead atoms. The van der Waals surface area contributed by atoms with E-state index in [1.165, 1.54) is 6.07 Å². The van der Waals surface area contributed by atoms with Crippen LogP contribution in [0.3, 0.4) is 0 Å². The van der Waals surface area contributed by atoms with E-state index in [9.17, 15) is 9.18 Å². The normalized spacial score (nSPS) is 15.2. The lowest BCUT2D eigenvalue weighted by atomic mass is 10.1. The van der Waals surface area contributed by atoms with Crippen LogP contribution in [0.2, 0.25) is 0 Å². The molecule has 0 aliphatic carbocycles. The third kappa shape index (κ3) is 5.03. The highest BCUT2D eigenvalue weighted by atomic mass is 19.1. The molecule has 5 heteroatoms. The molecule has 1 amide bonds. The molecule has 1 aliphatic heterocycles. The summed E-state index contributed by atoms with van der Waals surface area (Å²) in [4.78, 5) is 16.1. The standard InChI is InChI=1S/C20H23FN2O2/c21-19-9-5-4-8-18(19)10-11-22-12-14-23(15-13-22)20(24)25-16-17-6-2-1-3-7-17/h1-9H,10-16H2. The van der Waals surface area contributed by atoms with Crippen LogP contribution in [0.1, 0.15) is 11.1 Å². The van der Waals surface area contributed by atoms with Crippen molar-refractivity contribution < 1.29 is 13.9 Å². The number of carbonyl (C=O) groups excluding carboxylic acids is 1. The molecule has 0 saturated carbocycles. The van der Waals surface area contributed by atoms with Crippen LogP contribution in [0.5, 0.6) is 0 Å². The average molecular weight is 342 g/mol. The van der Waals surface area contributed by atoms with Crippen molar-refractivity contribution in [2.45, 2.75) is 13.0 Å². The van der Waals surface area contributed by atoms with Crippen molar-refractivity contribution in [3.63, 3.8) is 0 Å². The largest absolute Gasteiger partial charge is 0.445 e. The Morgan fingerprint density at radius 2 is 1.64 bits per heavy atom. The summed E-state index contributed by atoms with van der Waals surface area (Å²) in [6.45, 7) is 3.96. The Labute approximate surface area is 147 Å². The second-order valence-electron chi connectivity index (χ2n) is 6.21. The van der Waals surface area contributed by atoms with Gasteiger partial charge in [-0.3, -0.25) is 4.90 Å². The SMILES string of the molecule is O=C(OCc1ccccc1)N1CCN(CCc2ccccc2F)CC1. The van der Waals surface area contributed by atoms with E-state index in [2.05, 4.69) is 4.90 Å². The van der Waals surface area contributed by atoms with Crippen molar-refractivity contribution in [1.82, 2.24) is 9.80 Å². The van der Waals surface area contributed by atoms with Gasteiger partial charge in [-0.1, -0.05) is 48.5 Å². The van der Waals surface area contributed by atoms with Crippen LogP contribution in [0.4, 0.5) is 9.18 Å². The lowest BCUT2D eigenvalue weighted by Gasteiger charge is -2.34. The Morgan fingerprint density at radius 3 is 2.36 bits per heavy atom. The summed E-state index contributed by atoms with van der Waals surface area (Å²) in [5.41, 5.74) is 1.73. The van der Waals surface area contributed by atoms with E-state index in [-0.39, 0.29) is 11.9 Å². The minimum Gasteiger partial charge on any atom is -0.445 e. The second-order valence-corrected chi connectivity index (χ2v) is 6.21. The number of rotatable bonds is 5. The fourth-order valence-corrected chi connectivity index (χ4v) is 2.94. The molecule has 1 saturated heterocycles. The molecule has 132 valence electrons. The third-order valence-corrected chi connectivity index (χ3v) is 4.49. The lowest BCUT2D eigenvalue weighted by molar-refractivity contribution is 0.0719. The Bertz CT molecular complexity index is 685. The fraction of sp³-hybridized carbons (Fsp3) is 0.350. The van der Waals surface area contributed by atoms with E-state index < -0.39 is 0 Å². The molecule has 0 spiro atoms. The van der Waals surface area contributed by atoms with E-state index in [1.807, 2.05) is 42.5 Å². The molecule has 0 radical (unpaired) electrons. The van der Waals surface area contributed by atoms with Crippen molar-refractivity contribution in [1.29, 1.82) is 0 Å². The minimum absolute atomic E-state index is 0.148. The average Bonchev–Trinajstić information content (AvgIpc) is 2.67. The predicted molar refractivity (Wildman–Crippen MR) is 94.7 cm³/mol. The Kier molecular flexibility index (Phi) is 6.01. The number of hydrogen-bond donors (Lipinski definition) is 0. The maximum atomic E-state index is 13.6. The van der Waals surface area contributed by atoms with Crippen molar-refractivity contribution in [2.24, 2.45) is 0 Å². The Hall–Kier alpha value is -2.40. The first-order valence-corrected chi connectivity index (χ1v) is 8.64. The van der Waals surface area contributed by atoms with Crippen LogP contribution in [0, 0.1) is 5.82 Å². The first-order chi connectivity index (χ1) is 12.2. The maximum Gasteiger partial charge on any atom is 0.410 e. The lowest BCUT2D eigenvalue weighted by Crippen LogP contribution is -2.49. The smallest absolute Gasteiger partial charge is 0.410 e. The van der Waals surface area contributed by atoms with Gasteiger partial charge in [0.15, 0.2) is 0 Å². The van der Waals surface area contributed by atoms with Crippen LogP contribution in [0.15, 0.2) is 54.6 Å². The number of carbonyl (C=O) groups is 1. The van der Waals surface area contributed by atoms with Crippen molar-refractivity contribution in [2.75, 3.05) is 32.7 Å². The van der Waals surface area contributed by atoms with Gasteiger partial charge in [-0.2, -0.15) is 0 Å². The molecule has 4 nitrogen and oxygen atoms in total. The van der Waals surface area contributed by atoms with Gasteiger partial charge >= 0.3 is 6.09 Å². The topological polar surface area (TPSA) is 32.8 Å². The van der Waals surface area contributed by atoms with Crippen molar-refractivity contribution >= 4 is 6.09 Å². The van der Waals surface area contributed by atoms with E-state index >= 15 is 0 Å². The summed E-state index contributed by atoms with van der Waals surface area (Å²) in [6.07, 6.45) is 0.420. The van der Waals surface area contributed by atoms with E-state index in [4.69, 9.17) is 4.74 Å². The summed E-state index contributed by atoms with van der Waals surface area (Å²) in [6, 6.07) is 16.6. The molecular formula is C20H23FN2O2. The van der Waals surface area contributed by atoms with Gasteiger partial charge in [0, 0.05) is 32.7 Å². The fourth-order valence-electron chi connectivity index (χ4n) is 2.94. The van der Waals surface area contributed by atoms with Crippen LogP contribution in [-0.4, -0.2) is 48.6 Å². The summed E-state index contributed by atoms with van der Waals surface area (Å²) in [5.74, 6) is -0.148. The molecular weight excluding hydrogens is 319 g/mol. The molecule has 25 heavy (non-hydrogen) atoms. The Balaban J connectivity index is 1.39. The van der Waals surface area contributed by atoms with Crippen LogP contribution in [-0.2, 0) is 17.8 Å². The molecule has 0 N–H and O–H groups in total. The summed E-state index contributed by atoms with van der Waals surface area (Å²) < 4.78 is 19.0. The quantitative estimate of drug-likeness (QED) is 0.836. The highest BCUT2D eigenvalue weighted by molar-refractivity contribution is 5.67. The highest BCUT2D eigenvalue weighted by Gasteiger charge is 2.22. The number of amides is 1. The number of hydrogen-bond acceptors (Lipinski definition) is 3. The molecule has 0 atom stereocenters. The van der Waals surface area contributed by atoms with Gasteiger partial charge in [0.25, 0.3) is 0 Å². The van der Waals surface area contributed by atoms with Gasteiger partial charge in [0.05, 0.1) is 0 Å². The second kappa shape index (κ2) is 8.62. The molecule has 0 aromatic heterocycles. The van der Waals surface area contributed by atoms with E-state index in [0.29, 0.717) is 26.1 Å². The van der Waals surface area contributed by atoms with Crippen LogP contribution < -0.4 is 0 Å². The molecule has 2 aromatic carbocycles. The van der Waals surface area contributed by atoms with Crippen molar-refractivity contribution in [3.8, 4) is 0 Å². The zero-order valence-corrected chi connectivity index (χ0v) is 14.2. The molecule has 1 heterocycles. The zero-order chi connectivity index (χ0) is 17.5. The van der Waals surface area contributed by atoms with Gasteiger partial charge in [0.2, 0.25) is 0 Å². The summed E-state index contributed by atoms with van der Waals surface area (Å²) >= 11 is 0. The van der Waals surface area contributed by atoms with Crippen molar-refractivity contribution in [3.05, 3.63) is 71.5 Å². The molecule has 3 rings (SSSR count). The third-order valence-electron chi connectivity index (χ3n) is 4.49. The first kappa shape index (κ1) is 17.4.